The van der Waals surface area contributed by atoms with Gasteiger partial charge in [-0.3, -0.25) is 0 Å². The molecule has 0 saturated heterocycles. The van der Waals surface area contributed by atoms with Gasteiger partial charge >= 0.3 is 0 Å². The lowest BCUT2D eigenvalue weighted by Gasteiger charge is -2.31. The highest BCUT2D eigenvalue weighted by molar-refractivity contribution is 7.24. The molecule has 0 spiro atoms. The number of anilines is 1. The molecule has 0 fully saturated rings. The van der Waals surface area contributed by atoms with Crippen molar-refractivity contribution in [2.24, 2.45) is 0 Å². The van der Waals surface area contributed by atoms with Crippen LogP contribution < -0.4 is 4.90 Å². The van der Waals surface area contributed by atoms with Crippen LogP contribution in [0.3, 0.4) is 0 Å². The first kappa shape index (κ1) is 31.7. The second kappa shape index (κ2) is 17.8. The van der Waals surface area contributed by atoms with E-state index in [2.05, 4.69) is 50.4 Å². The molecule has 0 unspecified atom stereocenters. The average Bonchev–Trinajstić information content (AvgIpc) is 3.62. The highest BCUT2D eigenvalue weighted by Gasteiger charge is 2.44. The number of hydrogen-bond acceptors (Lipinski definition) is 3. The Hall–Kier alpha value is -0.800. The van der Waals surface area contributed by atoms with E-state index in [0.717, 1.165) is 0 Å². The van der Waals surface area contributed by atoms with Crippen LogP contribution in [-0.2, 0) is 5.41 Å². The fraction of sp³-hybridized carbons (Fsp3) is 0.771. The summed E-state index contributed by atoms with van der Waals surface area (Å²) in [6.07, 6.45) is 31.2. The molecule has 3 heteroatoms. The van der Waals surface area contributed by atoms with Crippen molar-refractivity contribution in [3.63, 3.8) is 0 Å². The second-order valence-electron chi connectivity index (χ2n) is 12.3. The molecule has 1 nitrogen and oxygen atoms in total. The largest absolute Gasteiger partial charge is 0.370 e. The maximum atomic E-state index is 2.57. The van der Waals surface area contributed by atoms with Gasteiger partial charge in [0.05, 0.1) is 9.88 Å². The van der Waals surface area contributed by atoms with Crippen LogP contribution in [0.25, 0.3) is 9.75 Å². The Morgan fingerprint density at radius 1 is 0.579 bits per heavy atom. The highest BCUT2D eigenvalue weighted by atomic mass is 32.1. The van der Waals surface area contributed by atoms with Crippen LogP contribution in [0.1, 0.15) is 166 Å². The Kier molecular flexibility index (Phi) is 14.9. The normalized spacial score (nSPS) is 13.7. The fourth-order valence-corrected chi connectivity index (χ4v) is 8.97. The first-order valence-electron chi connectivity index (χ1n) is 16.5. The Labute approximate surface area is 244 Å². The van der Waals surface area contributed by atoms with Gasteiger partial charge in [-0.05, 0) is 41.5 Å². The molecule has 2 heterocycles. The Balaban J connectivity index is 1.53. The van der Waals surface area contributed by atoms with Crippen molar-refractivity contribution in [3.8, 4) is 9.75 Å². The van der Waals surface area contributed by atoms with Crippen molar-refractivity contribution < 1.29 is 0 Å². The van der Waals surface area contributed by atoms with Gasteiger partial charge in [-0.2, -0.15) is 0 Å². The number of fused-ring (bicyclic) bond motifs is 3. The molecule has 0 saturated carbocycles. The molecule has 0 atom stereocenters. The van der Waals surface area contributed by atoms with E-state index in [-0.39, 0.29) is 5.41 Å². The molecule has 0 N–H and O–H groups in total. The maximum absolute atomic E-state index is 2.57. The summed E-state index contributed by atoms with van der Waals surface area (Å²) >= 11 is 4.02. The molecule has 1 aliphatic rings. The van der Waals surface area contributed by atoms with Crippen LogP contribution in [0, 0.1) is 0 Å². The first-order valence-corrected chi connectivity index (χ1v) is 18.2. The Morgan fingerprint density at radius 2 is 1.03 bits per heavy atom. The Bertz CT molecular complexity index is 852. The van der Waals surface area contributed by atoms with E-state index >= 15 is 0 Å². The molecular weight excluding hydrogens is 499 g/mol. The third kappa shape index (κ3) is 9.12. The lowest BCUT2D eigenvalue weighted by molar-refractivity contribution is 0.398. The predicted molar refractivity (Wildman–Crippen MR) is 176 cm³/mol. The molecule has 0 aromatic carbocycles. The van der Waals surface area contributed by atoms with Crippen molar-refractivity contribution in [1.82, 2.24) is 0 Å². The number of unbranched alkanes of at least 4 members (excludes halogenated alkanes) is 18. The standard InChI is InChI=1S/C35H59NS2/c1-5-7-9-11-13-15-17-19-21-23-26-35(27-24-22-20-18-16-14-12-10-8-6-2)30-25-28-37-33(30)34-31(35)29-32(38-34)36(3)4/h25,28-29H,5-24,26-27H2,1-4H3. The SMILES string of the molecule is CCCCCCCCCCCCC1(CCCCCCCCCCCC)c2ccsc2-c2sc(N(C)C)cc21. The summed E-state index contributed by atoms with van der Waals surface area (Å²) in [5, 5.41) is 3.80. The number of thiophene rings is 2. The number of rotatable bonds is 23. The quantitative estimate of drug-likeness (QED) is 0.123. The Morgan fingerprint density at radius 3 is 1.47 bits per heavy atom. The molecule has 0 aliphatic heterocycles. The first-order chi connectivity index (χ1) is 18.6. The van der Waals surface area contributed by atoms with E-state index < -0.39 is 0 Å². The van der Waals surface area contributed by atoms with Crippen LogP contribution in [0.15, 0.2) is 17.5 Å². The van der Waals surface area contributed by atoms with Crippen LogP contribution >= 0.6 is 22.7 Å². The van der Waals surface area contributed by atoms with Gasteiger partial charge in [0.15, 0.2) is 0 Å². The van der Waals surface area contributed by atoms with Crippen molar-refractivity contribution in [1.29, 1.82) is 0 Å². The van der Waals surface area contributed by atoms with Crippen LogP contribution in [0.5, 0.6) is 0 Å². The van der Waals surface area contributed by atoms with E-state index in [1.165, 1.54) is 146 Å². The molecule has 1 aliphatic carbocycles. The van der Waals surface area contributed by atoms with Gasteiger partial charge in [0.25, 0.3) is 0 Å². The second-order valence-corrected chi connectivity index (χ2v) is 14.3. The number of hydrogen-bond donors (Lipinski definition) is 0. The van der Waals surface area contributed by atoms with Gasteiger partial charge in [0.2, 0.25) is 0 Å². The summed E-state index contributed by atoms with van der Waals surface area (Å²) < 4.78 is 0. The minimum atomic E-state index is 0.274. The third-order valence-electron chi connectivity index (χ3n) is 8.98. The van der Waals surface area contributed by atoms with Crippen molar-refractivity contribution >= 4 is 27.7 Å². The van der Waals surface area contributed by atoms with Crippen molar-refractivity contribution in [2.45, 2.75) is 161 Å². The molecule has 0 bridgehead atoms. The molecule has 38 heavy (non-hydrogen) atoms. The van der Waals surface area contributed by atoms with Gasteiger partial charge in [-0.1, -0.05) is 142 Å². The monoisotopic (exact) mass is 557 g/mol. The summed E-state index contributed by atoms with van der Waals surface area (Å²) in [5.74, 6) is 0. The van der Waals surface area contributed by atoms with Gasteiger partial charge in [0, 0.05) is 24.4 Å². The zero-order valence-corrected chi connectivity index (χ0v) is 27.2. The van der Waals surface area contributed by atoms with Gasteiger partial charge in [-0.25, -0.2) is 0 Å². The zero-order valence-electron chi connectivity index (χ0n) is 25.6. The van der Waals surface area contributed by atoms with E-state index in [9.17, 15) is 0 Å². The predicted octanol–water partition coefficient (Wildman–Crippen LogP) is 12.8. The van der Waals surface area contributed by atoms with Gasteiger partial charge in [-0.15, -0.1) is 22.7 Å². The van der Waals surface area contributed by atoms with E-state index in [4.69, 9.17) is 0 Å². The van der Waals surface area contributed by atoms with Gasteiger partial charge in [0.1, 0.15) is 0 Å². The van der Waals surface area contributed by atoms with Crippen molar-refractivity contribution in [2.75, 3.05) is 19.0 Å². The van der Waals surface area contributed by atoms with E-state index in [1.807, 2.05) is 22.7 Å². The van der Waals surface area contributed by atoms with E-state index in [1.54, 1.807) is 20.9 Å². The molecule has 2 aromatic rings. The number of nitrogens with zero attached hydrogens (tertiary/aromatic N) is 1. The summed E-state index contributed by atoms with van der Waals surface area (Å²) in [7, 11) is 4.42. The highest BCUT2D eigenvalue weighted by Crippen LogP contribution is 2.59. The molecular formula is C35H59NS2. The molecule has 216 valence electrons. The summed E-state index contributed by atoms with van der Waals surface area (Å²) in [4.78, 5) is 5.51. The smallest absolute Gasteiger partial charge is 0.0913 e. The zero-order chi connectivity index (χ0) is 27.1. The van der Waals surface area contributed by atoms with E-state index in [0.29, 0.717) is 0 Å². The molecule has 0 radical (unpaired) electrons. The lowest BCUT2D eigenvalue weighted by Crippen LogP contribution is -2.25. The summed E-state index contributed by atoms with van der Waals surface area (Å²) in [6.45, 7) is 4.63. The minimum absolute atomic E-state index is 0.274. The minimum Gasteiger partial charge on any atom is -0.370 e. The van der Waals surface area contributed by atoms with Crippen LogP contribution in [0.2, 0.25) is 0 Å². The summed E-state index contributed by atoms with van der Waals surface area (Å²) in [6, 6.07) is 5.06. The molecule has 0 amide bonds. The fourth-order valence-electron chi connectivity index (χ4n) is 6.62. The topological polar surface area (TPSA) is 3.24 Å². The van der Waals surface area contributed by atoms with Crippen LogP contribution in [0.4, 0.5) is 5.00 Å². The molecule has 2 aromatic heterocycles. The average molecular weight is 558 g/mol. The van der Waals surface area contributed by atoms with Crippen molar-refractivity contribution in [3.05, 3.63) is 28.6 Å². The van der Waals surface area contributed by atoms with Crippen LogP contribution in [-0.4, -0.2) is 14.1 Å². The third-order valence-corrected chi connectivity index (χ3v) is 11.4. The molecule has 3 rings (SSSR count). The summed E-state index contributed by atoms with van der Waals surface area (Å²) in [5.41, 5.74) is 3.64. The lowest BCUT2D eigenvalue weighted by atomic mass is 9.71. The maximum Gasteiger partial charge on any atom is 0.0913 e. The van der Waals surface area contributed by atoms with Gasteiger partial charge < -0.3 is 4.90 Å².